The van der Waals surface area contributed by atoms with Crippen LogP contribution in [0, 0.1) is 0 Å². The van der Waals surface area contributed by atoms with Crippen LogP contribution in [-0.4, -0.2) is 44.8 Å². The number of alkyl halides is 1. The second kappa shape index (κ2) is 8.00. The number of rotatable bonds is 8. The average Bonchev–Trinajstić information content (AvgIpc) is 3.63. The lowest BCUT2D eigenvalue weighted by molar-refractivity contribution is -0.141. The van der Waals surface area contributed by atoms with Crippen molar-refractivity contribution in [2.75, 3.05) is 6.54 Å². The van der Waals surface area contributed by atoms with E-state index in [9.17, 15) is 9.59 Å². The highest BCUT2D eigenvalue weighted by atomic mass is 35.5. The maximum atomic E-state index is 13.1. The average molecular weight is 400 g/mol. The zero-order valence-corrected chi connectivity index (χ0v) is 16.9. The Bertz CT molecular complexity index is 842. The summed E-state index contributed by atoms with van der Waals surface area (Å²) in [5.74, 6) is -0.154. The molecule has 2 amide bonds. The van der Waals surface area contributed by atoms with Gasteiger partial charge in [0.2, 0.25) is 11.8 Å². The molecule has 2 aliphatic rings. The predicted octanol–water partition coefficient (Wildman–Crippen LogP) is 3.49. The molecule has 0 aliphatic heterocycles. The number of carbonyl (C=O) groups excluding carboxylic acids is 2. The van der Waals surface area contributed by atoms with Crippen molar-refractivity contribution >= 4 is 23.4 Å². The first-order valence-corrected chi connectivity index (χ1v) is 10.4. The normalized spacial score (nSPS) is 17.2. The minimum Gasteiger partial charge on any atom is -0.353 e. The smallest absolute Gasteiger partial charge is 0.245 e. The van der Waals surface area contributed by atoms with E-state index in [1.54, 1.807) is 4.90 Å². The van der Waals surface area contributed by atoms with Crippen LogP contribution in [0.15, 0.2) is 48.7 Å². The maximum absolute atomic E-state index is 13.1. The lowest BCUT2D eigenvalue weighted by Gasteiger charge is -2.29. The molecule has 0 radical (unpaired) electrons. The fourth-order valence-corrected chi connectivity index (χ4v) is 3.83. The topological polar surface area (TPSA) is 45.6 Å². The van der Waals surface area contributed by atoms with Crippen molar-refractivity contribution in [2.45, 2.75) is 49.7 Å². The second-order valence-corrected chi connectivity index (χ2v) is 8.27. The molecule has 1 unspecified atom stereocenters. The van der Waals surface area contributed by atoms with E-state index >= 15 is 0 Å². The number of nitrogens with zero attached hydrogens (tertiary/aromatic N) is 3. The summed E-state index contributed by atoms with van der Waals surface area (Å²) in [6, 6.07) is 13.8. The fourth-order valence-electron chi connectivity index (χ4n) is 3.56. The van der Waals surface area contributed by atoms with Crippen molar-refractivity contribution in [3.05, 3.63) is 59.9 Å². The van der Waals surface area contributed by atoms with Crippen molar-refractivity contribution in [1.82, 2.24) is 14.4 Å². The first-order valence-electron chi connectivity index (χ1n) is 9.94. The largest absolute Gasteiger partial charge is 0.353 e. The van der Waals surface area contributed by atoms with E-state index in [0.29, 0.717) is 12.6 Å². The SMILES string of the molecule is Cn1cccc1CN(C(=O)CN(C(=O)C(Cl)c1ccccc1)C1CC1)C1CC1. The third-order valence-electron chi connectivity index (χ3n) is 5.58. The van der Waals surface area contributed by atoms with Crippen LogP contribution in [0.1, 0.15) is 42.3 Å². The van der Waals surface area contributed by atoms with Gasteiger partial charge in [0, 0.05) is 31.0 Å². The second-order valence-electron chi connectivity index (χ2n) is 7.83. The van der Waals surface area contributed by atoms with Crippen LogP contribution in [0.2, 0.25) is 0 Å². The van der Waals surface area contributed by atoms with E-state index in [1.807, 2.05) is 65.2 Å². The first-order chi connectivity index (χ1) is 13.5. The molecule has 0 bridgehead atoms. The van der Waals surface area contributed by atoms with E-state index in [2.05, 4.69) is 0 Å². The van der Waals surface area contributed by atoms with Crippen LogP contribution in [0.3, 0.4) is 0 Å². The highest BCUT2D eigenvalue weighted by molar-refractivity contribution is 6.30. The Hall–Kier alpha value is -2.27. The summed E-state index contributed by atoms with van der Waals surface area (Å²) in [7, 11) is 1.99. The van der Waals surface area contributed by atoms with E-state index in [1.165, 1.54) is 0 Å². The van der Waals surface area contributed by atoms with Crippen molar-refractivity contribution in [1.29, 1.82) is 0 Å². The minimum atomic E-state index is -0.753. The van der Waals surface area contributed by atoms with Crippen LogP contribution >= 0.6 is 11.6 Å². The van der Waals surface area contributed by atoms with Crippen molar-refractivity contribution in [2.24, 2.45) is 7.05 Å². The number of halogens is 1. The maximum Gasteiger partial charge on any atom is 0.245 e. The molecule has 1 atom stereocenters. The van der Waals surface area contributed by atoms with Gasteiger partial charge in [0.25, 0.3) is 0 Å². The summed E-state index contributed by atoms with van der Waals surface area (Å²) in [5, 5.41) is -0.753. The van der Waals surface area contributed by atoms with E-state index in [0.717, 1.165) is 36.9 Å². The third-order valence-corrected chi connectivity index (χ3v) is 6.02. The molecule has 0 saturated heterocycles. The molecule has 2 saturated carbocycles. The number of hydrogen-bond donors (Lipinski definition) is 0. The molecule has 1 aromatic heterocycles. The van der Waals surface area contributed by atoms with Gasteiger partial charge in [0.1, 0.15) is 11.9 Å². The summed E-state index contributed by atoms with van der Waals surface area (Å²) in [5.41, 5.74) is 1.87. The Labute approximate surface area is 170 Å². The molecule has 2 aliphatic carbocycles. The Morgan fingerprint density at radius 3 is 2.25 bits per heavy atom. The zero-order chi connectivity index (χ0) is 19.7. The number of amides is 2. The Kier molecular flexibility index (Phi) is 5.44. The molecule has 1 heterocycles. The summed E-state index contributed by atoms with van der Waals surface area (Å²) in [6.07, 6.45) is 5.95. The van der Waals surface area contributed by atoms with Crippen LogP contribution in [-0.2, 0) is 23.2 Å². The molecule has 2 aromatic rings. The summed E-state index contributed by atoms with van der Waals surface area (Å²) in [4.78, 5) is 29.8. The lowest BCUT2D eigenvalue weighted by atomic mass is 10.1. The highest BCUT2D eigenvalue weighted by Gasteiger charge is 2.40. The van der Waals surface area contributed by atoms with Gasteiger partial charge in [-0.1, -0.05) is 30.3 Å². The molecule has 28 heavy (non-hydrogen) atoms. The van der Waals surface area contributed by atoms with Gasteiger partial charge in [0.05, 0.1) is 6.54 Å². The Balaban J connectivity index is 1.47. The third kappa shape index (κ3) is 4.25. The standard InChI is InChI=1S/C22H26ClN3O2/c1-24-13-5-8-19(24)14-25(17-9-10-17)20(27)15-26(18-11-12-18)22(28)21(23)16-6-3-2-4-7-16/h2-8,13,17-18,21H,9-12,14-15H2,1H3. The number of carbonyl (C=O) groups is 2. The molecule has 1 aromatic carbocycles. The zero-order valence-electron chi connectivity index (χ0n) is 16.1. The summed E-state index contributed by atoms with van der Waals surface area (Å²) >= 11 is 6.48. The molecule has 0 spiro atoms. The first kappa shape index (κ1) is 19.1. The van der Waals surface area contributed by atoms with Gasteiger partial charge in [-0.3, -0.25) is 9.59 Å². The number of aryl methyl sites for hydroxylation is 1. The van der Waals surface area contributed by atoms with Crippen LogP contribution in [0.25, 0.3) is 0 Å². The molecule has 4 rings (SSSR count). The molecular weight excluding hydrogens is 374 g/mol. The monoisotopic (exact) mass is 399 g/mol. The van der Waals surface area contributed by atoms with Crippen molar-refractivity contribution < 1.29 is 9.59 Å². The van der Waals surface area contributed by atoms with Crippen LogP contribution in [0.5, 0.6) is 0 Å². The number of hydrogen-bond acceptors (Lipinski definition) is 2. The molecule has 0 N–H and O–H groups in total. The summed E-state index contributed by atoms with van der Waals surface area (Å²) < 4.78 is 2.04. The van der Waals surface area contributed by atoms with Crippen LogP contribution < -0.4 is 0 Å². The van der Waals surface area contributed by atoms with Gasteiger partial charge in [-0.05, 0) is 43.4 Å². The van der Waals surface area contributed by atoms with Gasteiger partial charge in [-0.25, -0.2) is 0 Å². The molecule has 5 nitrogen and oxygen atoms in total. The van der Waals surface area contributed by atoms with E-state index in [-0.39, 0.29) is 24.4 Å². The number of benzene rings is 1. The fraction of sp³-hybridized carbons (Fsp3) is 0.455. The van der Waals surface area contributed by atoms with Crippen molar-refractivity contribution in [3.63, 3.8) is 0 Å². The molecule has 2 fully saturated rings. The molecule has 148 valence electrons. The lowest BCUT2D eigenvalue weighted by Crippen LogP contribution is -2.45. The van der Waals surface area contributed by atoms with Gasteiger partial charge < -0.3 is 14.4 Å². The van der Waals surface area contributed by atoms with Gasteiger partial charge in [-0.2, -0.15) is 0 Å². The van der Waals surface area contributed by atoms with E-state index in [4.69, 9.17) is 11.6 Å². The minimum absolute atomic E-state index is 0.0147. The van der Waals surface area contributed by atoms with Crippen molar-refractivity contribution in [3.8, 4) is 0 Å². The van der Waals surface area contributed by atoms with Gasteiger partial charge in [-0.15, -0.1) is 11.6 Å². The highest BCUT2D eigenvalue weighted by Crippen LogP contribution is 2.33. The quantitative estimate of drug-likeness (QED) is 0.638. The molecular formula is C22H26ClN3O2. The van der Waals surface area contributed by atoms with Crippen LogP contribution in [0.4, 0.5) is 0 Å². The molecule has 6 heteroatoms. The van der Waals surface area contributed by atoms with Gasteiger partial charge >= 0.3 is 0 Å². The number of aromatic nitrogens is 1. The predicted molar refractivity (Wildman–Crippen MR) is 109 cm³/mol. The Morgan fingerprint density at radius 1 is 1.04 bits per heavy atom. The Morgan fingerprint density at radius 2 is 1.68 bits per heavy atom. The van der Waals surface area contributed by atoms with Gasteiger partial charge in [0.15, 0.2) is 0 Å². The summed E-state index contributed by atoms with van der Waals surface area (Å²) in [6.45, 7) is 0.698. The van der Waals surface area contributed by atoms with E-state index < -0.39 is 5.38 Å².